The number of carbonyl (C=O) groups excluding carboxylic acids is 2. The van der Waals surface area contributed by atoms with Crippen LogP contribution >= 0.6 is 0 Å². The molecule has 42 heavy (non-hydrogen) atoms. The number of amides is 2. The third-order valence-corrected chi connectivity index (χ3v) is 15.0. The lowest BCUT2D eigenvalue weighted by Crippen LogP contribution is -2.55. The molecule has 8 heteroatoms. The number of anilines is 1. The molecule has 2 aliphatic rings. The molecule has 1 saturated heterocycles. The molecule has 2 amide bonds. The van der Waals surface area contributed by atoms with Gasteiger partial charge in [-0.2, -0.15) is 0 Å². The van der Waals surface area contributed by atoms with E-state index in [-0.39, 0.29) is 23.3 Å². The van der Waals surface area contributed by atoms with E-state index in [0.717, 1.165) is 17.7 Å². The Morgan fingerprint density at radius 2 is 1.57 bits per heavy atom. The number of nitrogens with zero attached hydrogens (tertiary/aromatic N) is 3. The van der Waals surface area contributed by atoms with Crippen LogP contribution < -0.4 is 4.90 Å². The van der Waals surface area contributed by atoms with E-state index in [1.165, 1.54) is 5.57 Å². The molecule has 0 unspecified atom stereocenters. The Labute approximate surface area is 256 Å². The molecule has 1 atom stereocenters. The van der Waals surface area contributed by atoms with Crippen LogP contribution in [0.25, 0.3) is 0 Å². The molecule has 1 heterocycles. The first-order chi connectivity index (χ1) is 19.6. The number of para-hydroxylation sites is 1. The molecule has 1 aliphatic carbocycles. The molecular weight excluding hydrogens is 542 g/mol. The van der Waals surface area contributed by atoms with Crippen molar-refractivity contribution in [1.82, 2.24) is 9.80 Å². The Balaban J connectivity index is 1.83. The first-order valence-electron chi connectivity index (χ1n) is 15.6. The highest BCUT2D eigenvalue weighted by Crippen LogP contribution is 2.43. The van der Waals surface area contributed by atoms with Gasteiger partial charge in [-0.3, -0.25) is 4.79 Å². The maximum Gasteiger partial charge on any atom is 0.322 e. The molecule has 0 spiro atoms. The minimum Gasteiger partial charge on any atom is -0.412 e. The molecule has 0 saturated carbocycles. The van der Waals surface area contributed by atoms with Crippen molar-refractivity contribution < 1.29 is 18.8 Å². The number of ketones is 1. The van der Waals surface area contributed by atoms with Crippen molar-refractivity contribution in [2.45, 2.75) is 97.4 Å². The number of hydrogen-bond acceptors (Lipinski definition) is 5. The molecule has 7 nitrogen and oxygen atoms in total. The highest BCUT2D eigenvalue weighted by atomic mass is 28.4. The summed E-state index contributed by atoms with van der Waals surface area (Å²) in [5.41, 5.74) is 4.92. The molecule has 3 rings (SSSR count). The van der Waals surface area contributed by atoms with Crippen LogP contribution in [-0.4, -0.2) is 76.2 Å². The van der Waals surface area contributed by atoms with Gasteiger partial charge < -0.3 is 23.9 Å². The molecule has 234 valence electrons. The van der Waals surface area contributed by atoms with E-state index in [2.05, 4.69) is 79.4 Å². The monoisotopic (exact) mass is 597 g/mol. The van der Waals surface area contributed by atoms with Crippen LogP contribution in [0.2, 0.25) is 16.6 Å². The van der Waals surface area contributed by atoms with E-state index < -0.39 is 8.32 Å². The zero-order chi connectivity index (χ0) is 31.4. The van der Waals surface area contributed by atoms with E-state index in [9.17, 15) is 9.59 Å². The van der Waals surface area contributed by atoms with Crippen molar-refractivity contribution in [2.75, 3.05) is 45.5 Å². The van der Waals surface area contributed by atoms with E-state index in [4.69, 9.17) is 9.16 Å². The van der Waals surface area contributed by atoms with Gasteiger partial charge in [0, 0.05) is 19.7 Å². The van der Waals surface area contributed by atoms with Crippen LogP contribution in [0, 0.1) is 5.92 Å². The molecule has 0 N–H and O–H groups in total. The van der Waals surface area contributed by atoms with Crippen LogP contribution in [0.5, 0.6) is 0 Å². The second kappa shape index (κ2) is 13.9. The first-order valence-corrected chi connectivity index (χ1v) is 17.7. The topological polar surface area (TPSA) is 62.3 Å². The quantitative estimate of drug-likeness (QED) is 0.139. The van der Waals surface area contributed by atoms with Gasteiger partial charge in [0.25, 0.3) is 0 Å². The number of carbonyl (C=O) groups is 2. The Morgan fingerprint density at radius 3 is 2.12 bits per heavy atom. The summed E-state index contributed by atoms with van der Waals surface area (Å²) in [6, 6.07) is 7.74. The molecular formula is C34H55N3O4Si. The van der Waals surface area contributed by atoms with Gasteiger partial charge in [0.05, 0.1) is 37.8 Å². The summed E-state index contributed by atoms with van der Waals surface area (Å²) in [5.74, 6) is 0.277. The van der Waals surface area contributed by atoms with Crippen LogP contribution in [0.4, 0.5) is 10.5 Å². The van der Waals surface area contributed by atoms with Gasteiger partial charge in [-0.15, -0.1) is 0 Å². The summed E-state index contributed by atoms with van der Waals surface area (Å²) in [6.07, 6.45) is 5.84. The van der Waals surface area contributed by atoms with Crippen molar-refractivity contribution in [3.05, 3.63) is 53.1 Å². The highest BCUT2D eigenvalue weighted by Gasteiger charge is 2.45. The Hall–Kier alpha value is -2.42. The normalized spacial score (nSPS) is 19.0. The number of ether oxygens (including phenoxy) is 1. The van der Waals surface area contributed by atoms with Crippen LogP contribution in [0.1, 0.15) is 85.5 Å². The van der Waals surface area contributed by atoms with Crippen molar-refractivity contribution >= 4 is 25.8 Å². The average molecular weight is 598 g/mol. The van der Waals surface area contributed by atoms with E-state index >= 15 is 0 Å². The fourth-order valence-electron chi connectivity index (χ4n) is 6.87. The summed E-state index contributed by atoms with van der Waals surface area (Å²) in [4.78, 5) is 31.7. The first kappa shape index (κ1) is 34.1. The molecule has 0 radical (unpaired) electrons. The zero-order valence-corrected chi connectivity index (χ0v) is 29.0. The fourth-order valence-corrected chi connectivity index (χ4v) is 12.3. The number of allylic oxidation sites excluding steroid dienone is 2. The largest absolute Gasteiger partial charge is 0.412 e. The lowest BCUT2D eigenvalue weighted by molar-refractivity contribution is 0.0144. The summed E-state index contributed by atoms with van der Waals surface area (Å²) in [6.45, 7) is 22.1. The molecule has 1 aromatic rings. The van der Waals surface area contributed by atoms with Crippen molar-refractivity contribution in [2.24, 2.45) is 5.92 Å². The Morgan fingerprint density at radius 1 is 1.00 bits per heavy atom. The minimum absolute atomic E-state index is 0.0205. The van der Waals surface area contributed by atoms with Gasteiger partial charge in [0.15, 0.2) is 5.78 Å². The maximum absolute atomic E-state index is 14.0. The highest BCUT2D eigenvalue weighted by molar-refractivity contribution is 6.77. The van der Waals surface area contributed by atoms with Gasteiger partial charge in [-0.05, 0) is 79.4 Å². The zero-order valence-electron chi connectivity index (χ0n) is 28.0. The predicted octanol–water partition coefficient (Wildman–Crippen LogP) is 7.86. The Kier molecular flexibility index (Phi) is 11.3. The predicted molar refractivity (Wildman–Crippen MR) is 176 cm³/mol. The van der Waals surface area contributed by atoms with Crippen molar-refractivity contribution in [3.8, 4) is 0 Å². The summed E-state index contributed by atoms with van der Waals surface area (Å²) in [5, 5.41) is 0. The van der Waals surface area contributed by atoms with Gasteiger partial charge in [0.1, 0.15) is 0 Å². The number of rotatable bonds is 12. The number of Topliss-reactive ketones (excluding diaryl/α,β-unsaturated/α-hetero) is 1. The minimum atomic E-state index is -2.05. The number of hydrogen-bond donors (Lipinski definition) is 0. The fraction of sp³-hybridized carbons (Fsp3) is 0.647. The second-order valence-corrected chi connectivity index (χ2v) is 19.5. The molecule has 0 bridgehead atoms. The molecule has 1 aromatic carbocycles. The number of urea groups is 1. The lowest BCUT2D eigenvalue weighted by atomic mass is 9.93. The molecule has 1 fully saturated rings. The van der Waals surface area contributed by atoms with Gasteiger partial charge in [-0.1, -0.05) is 65.8 Å². The lowest BCUT2D eigenvalue weighted by Gasteiger charge is -2.42. The maximum atomic E-state index is 14.0. The van der Waals surface area contributed by atoms with Gasteiger partial charge in [-0.25, -0.2) is 4.79 Å². The molecule has 0 aromatic heterocycles. The van der Waals surface area contributed by atoms with E-state index in [1.807, 2.05) is 24.3 Å². The second-order valence-electron chi connectivity index (χ2n) is 14.0. The third-order valence-electron chi connectivity index (χ3n) is 8.90. The standard InChI is InChI=1S/C34H55N3O4Si/c1-24(2)42(25(3)4,26(5)6)41-21-29(18-19-40-34(7,8)9)27-16-17-28(20-27)32(38)30-14-12-13-15-31(30)37-22-35(10)33(39)36(11)23-37/h12-15,17-18,24-27H,16,19-23H2,1-11H3/t27-/m0/s1. The third kappa shape index (κ3) is 7.74. The molecule has 1 aliphatic heterocycles. The van der Waals surface area contributed by atoms with Crippen LogP contribution in [0.3, 0.4) is 0 Å². The van der Waals surface area contributed by atoms with E-state index in [0.29, 0.717) is 55.2 Å². The van der Waals surface area contributed by atoms with Gasteiger partial charge >= 0.3 is 6.03 Å². The smallest absolute Gasteiger partial charge is 0.322 e. The summed E-state index contributed by atoms with van der Waals surface area (Å²) in [7, 11) is 1.52. The van der Waals surface area contributed by atoms with Crippen LogP contribution in [-0.2, 0) is 9.16 Å². The van der Waals surface area contributed by atoms with Crippen molar-refractivity contribution in [3.63, 3.8) is 0 Å². The SMILES string of the molecule is CC(C)[Si](OCC(=CCOC(C)(C)C)[C@H]1CC=C(C(=O)c2ccccc2N2CN(C)C(=O)N(C)C2)C1)(C(C)C)C(C)C. The number of benzene rings is 1. The van der Waals surface area contributed by atoms with Crippen LogP contribution in [0.15, 0.2) is 47.6 Å². The summed E-state index contributed by atoms with van der Waals surface area (Å²) < 4.78 is 13.1. The van der Waals surface area contributed by atoms with E-state index in [1.54, 1.807) is 23.9 Å². The Bertz CT molecular complexity index is 1130. The summed E-state index contributed by atoms with van der Waals surface area (Å²) >= 11 is 0. The van der Waals surface area contributed by atoms with Crippen molar-refractivity contribution in [1.29, 1.82) is 0 Å². The van der Waals surface area contributed by atoms with Gasteiger partial charge in [0.2, 0.25) is 8.32 Å². The average Bonchev–Trinajstić information content (AvgIpc) is 3.39.